The van der Waals surface area contributed by atoms with Crippen LogP contribution in [0.5, 0.6) is 5.75 Å². The number of nitrogens with zero attached hydrogens (tertiary/aromatic N) is 2. The first-order chi connectivity index (χ1) is 15.2. The van der Waals surface area contributed by atoms with Crippen LogP contribution < -0.4 is 0 Å². The van der Waals surface area contributed by atoms with Gasteiger partial charge in [-0.05, 0) is 62.5 Å². The maximum atomic E-state index is 13.3. The number of non-ortho nitro benzene ring substituents is 1. The summed E-state index contributed by atoms with van der Waals surface area (Å²) in [5.41, 5.74) is 4.17. The molecule has 0 radical (unpaired) electrons. The van der Waals surface area contributed by atoms with Crippen molar-refractivity contribution in [2.75, 3.05) is 7.11 Å². The number of nitro groups is 1. The minimum absolute atomic E-state index is 0.0414. The van der Waals surface area contributed by atoms with Crippen LogP contribution in [0.4, 0.5) is 5.69 Å². The zero-order valence-electron chi connectivity index (χ0n) is 16.9. The zero-order valence-corrected chi connectivity index (χ0v) is 20.1. The van der Waals surface area contributed by atoms with Gasteiger partial charge < -0.3 is 14.6 Å². The first kappa shape index (κ1) is 23.7. The molecule has 0 bridgehead atoms. The van der Waals surface area contributed by atoms with Crippen LogP contribution in [0.25, 0.3) is 22.4 Å². The first-order valence-electron chi connectivity index (χ1n) is 9.07. The van der Waals surface area contributed by atoms with Gasteiger partial charge in [-0.1, -0.05) is 0 Å². The number of benzene rings is 2. The van der Waals surface area contributed by atoms with Crippen molar-refractivity contribution >= 4 is 50.1 Å². The molecule has 0 spiro atoms. The molecule has 1 aliphatic carbocycles. The Bertz CT molecular complexity index is 1250. The molecule has 0 saturated heterocycles. The summed E-state index contributed by atoms with van der Waals surface area (Å²) in [6.45, 7) is 4.03. The number of pyridine rings is 1. The predicted molar refractivity (Wildman–Crippen MR) is 125 cm³/mol. The van der Waals surface area contributed by atoms with Crippen LogP contribution in [0.1, 0.15) is 27.2 Å². The lowest BCUT2D eigenvalue weighted by Gasteiger charge is -2.17. The van der Waals surface area contributed by atoms with Crippen molar-refractivity contribution in [2.45, 2.75) is 13.5 Å². The summed E-state index contributed by atoms with van der Waals surface area (Å²) in [5, 5.41) is 21.4. The number of phenols is 1. The van der Waals surface area contributed by atoms with Gasteiger partial charge in [-0.25, -0.2) is 0 Å². The van der Waals surface area contributed by atoms with E-state index in [9.17, 15) is 20.0 Å². The Morgan fingerprint density at radius 2 is 1.75 bits per heavy atom. The number of methoxy groups -OCH3 is 1. The van der Waals surface area contributed by atoms with E-state index < -0.39 is 4.92 Å². The molecule has 10 heteroatoms. The number of fused-ring (bicyclic) bond motifs is 3. The molecule has 0 fully saturated rings. The van der Waals surface area contributed by atoms with E-state index in [-0.39, 0.29) is 23.8 Å². The van der Waals surface area contributed by atoms with Gasteiger partial charge in [-0.2, -0.15) is 0 Å². The van der Waals surface area contributed by atoms with Crippen molar-refractivity contribution < 1.29 is 24.4 Å². The van der Waals surface area contributed by atoms with Crippen molar-refractivity contribution in [3.8, 4) is 28.1 Å². The summed E-state index contributed by atoms with van der Waals surface area (Å²) in [6, 6.07) is 7.60. The molecule has 32 heavy (non-hydrogen) atoms. The largest absolute Gasteiger partial charge is 0.506 e. The Hall–Kier alpha value is -2.95. The molecule has 0 unspecified atom stereocenters. The lowest BCUT2D eigenvalue weighted by atomic mass is 9.92. The van der Waals surface area contributed by atoms with E-state index in [0.29, 0.717) is 48.2 Å². The van der Waals surface area contributed by atoms with Crippen LogP contribution in [0.2, 0.25) is 0 Å². The standard InChI is InChI=1S/C21H14Br2N2O5.CH2O/c1-9-14(8-30-2)17(10-5-15(22)21(27)16(23)6-10)18-19(24-9)13-7-11(25(28)29)3-4-12(13)20(18)26;1-2/h3-7,27H,8H2,1-2H3;1H2. The average molecular weight is 564 g/mol. The van der Waals surface area contributed by atoms with Gasteiger partial charge in [0.1, 0.15) is 12.5 Å². The highest BCUT2D eigenvalue weighted by molar-refractivity contribution is 9.11. The fourth-order valence-corrected chi connectivity index (χ4v) is 4.87. The van der Waals surface area contributed by atoms with Gasteiger partial charge in [0.15, 0.2) is 5.78 Å². The van der Waals surface area contributed by atoms with Gasteiger partial charge in [0.25, 0.3) is 5.69 Å². The van der Waals surface area contributed by atoms with Gasteiger partial charge in [0.05, 0.1) is 31.7 Å². The van der Waals surface area contributed by atoms with E-state index in [1.165, 1.54) is 18.2 Å². The number of hydrogen-bond acceptors (Lipinski definition) is 7. The molecule has 1 N–H and O–H groups in total. The fraction of sp³-hybridized carbons (Fsp3) is 0.136. The normalized spacial score (nSPS) is 11.4. The number of carbonyl (C=O) groups is 2. The van der Waals surface area contributed by atoms with Gasteiger partial charge >= 0.3 is 0 Å². The summed E-state index contributed by atoms with van der Waals surface area (Å²) >= 11 is 6.68. The van der Waals surface area contributed by atoms with Crippen LogP contribution in [0.3, 0.4) is 0 Å². The van der Waals surface area contributed by atoms with Crippen LogP contribution in [0.15, 0.2) is 39.3 Å². The van der Waals surface area contributed by atoms with Crippen molar-refractivity contribution in [3.05, 3.63) is 71.8 Å². The molecule has 8 nitrogen and oxygen atoms in total. The zero-order chi connectivity index (χ0) is 23.7. The quantitative estimate of drug-likeness (QED) is 0.262. The molecular weight excluding hydrogens is 548 g/mol. The molecule has 1 aromatic heterocycles. The maximum Gasteiger partial charge on any atom is 0.270 e. The van der Waals surface area contributed by atoms with E-state index in [2.05, 4.69) is 36.8 Å². The number of carbonyl (C=O) groups excluding carboxylic acids is 2. The molecule has 3 aromatic rings. The smallest absolute Gasteiger partial charge is 0.270 e. The lowest BCUT2D eigenvalue weighted by molar-refractivity contribution is -0.384. The summed E-state index contributed by atoms with van der Waals surface area (Å²) in [4.78, 5) is 36.7. The topological polar surface area (TPSA) is 120 Å². The van der Waals surface area contributed by atoms with Crippen LogP contribution in [-0.4, -0.2) is 34.7 Å². The SMILES string of the molecule is C=O.COCc1c(C)nc2c(c1-c1cc(Br)c(O)c(Br)c1)C(=O)c1ccc([N+](=O)[O-])cc1-2. The number of nitro benzene ring substituents is 1. The first-order valence-corrected chi connectivity index (χ1v) is 10.7. The third-order valence-corrected chi connectivity index (χ3v) is 6.25. The highest BCUT2D eigenvalue weighted by Crippen LogP contribution is 2.46. The minimum atomic E-state index is -0.496. The molecular formula is C22H16Br2N2O6. The van der Waals surface area contributed by atoms with Crippen molar-refractivity contribution in [2.24, 2.45) is 0 Å². The maximum absolute atomic E-state index is 13.3. The van der Waals surface area contributed by atoms with E-state index in [4.69, 9.17) is 9.53 Å². The molecule has 1 aliphatic rings. The number of ether oxygens (including phenoxy) is 1. The summed E-state index contributed by atoms with van der Waals surface area (Å²) < 4.78 is 6.28. The molecule has 4 rings (SSSR count). The number of halogens is 2. The highest BCUT2D eigenvalue weighted by atomic mass is 79.9. The third kappa shape index (κ3) is 3.85. The average Bonchev–Trinajstić information content (AvgIpc) is 3.04. The molecule has 1 heterocycles. The van der Waals surface area contributed by atoms with E-state index in [1.54, 1.807) is 19.2 Å². The highest BCUT2D eigenvalue weighted by Gasteiger charge is 2.35. The predicted octanol–water partition coefficient (Wildman–Crippen LogP) is 5.37. The second-order valence-electron chi connectivity index (χ2n) is 6.81. The van der Waals surface area contributed by atoms with Gasteiger partial charge in [-0.15, -0.1) is 0 Å². The van der Waals surface area contributed by atoms with Crippen LogP contribution >= 0.6 is 31.9 Å². The number of ketones is 1. The van der Waals surface area contributed by atoms with Crippen molar-refractivity contribution in [1.82, 2.24) is 4.98 Å². The number of rotatable bonds is 4. The third-order valence-electron chi connectivity index (χ3n) is 5.04. The Morgan fingerprint density at radius 3 is 2.31 bits per heavy atom. The molecule has 2 aromatic carbocycles. The lowest BCUT2D eigenvalue weighted by Crippen LogP contribution is -2.07. The molecule has 0 aliphatic heterocycles. The van der Waals surface area contributed by atoms with Gasteiger partial charge in [-0.3, -0.25) is 19.9 Å². The summed E-state index contributed by atoms with van der Waals surface area (Å²) in [5.74, 6) is -0.213. The van der Waals surface area contributed by atoms with Crippen molar-refractivity contribution in [3.63, 3.8) is 0 Å². The number of phenolic OH excluding ortho intramolecular Hbond substituents is 1. The Labute approximate surface area is 199 Å². The number of aromatic nitrogens is 1. The van der Waals surface area contributed by atoms with Gasteiger partial charge in [0, 0.05) is 47.2 Å². The molecule has 164 valence electrons. The summed E-state index contributed by atoms with van der Waals surface area (Å²) in [6.07, 6.45) is 0. The Morgan fingerprint density at radius 1 is 1.12 bits per heavy atom. The molecule has 0 saturated carbocycles. The molecule has 0 atom stereocenters. The minimum Gasteiger partial charge on any atom is -0.506 e. The number of aromatic hydroxyl groups is 1. The summed E-state index contributed by atoms with van der Waals surface area (Å²) in [7, 11) is 1.55. The van der Waals surface area contributed by atoms with Crippen LogP contribution in [0, 0.1) is 17.0 Å². The van der Waals surface area contributed by atoms with E-state index in [0.717, 1.165) is 5.56 Å². The monoisotopic (exact) mass is 562 g/mol. The van der Waals surface area contributed by atoms with Gasteiger partial charge in [0.2, 0.25) is 0 Å². The van der Waals surface area contributed by atoms with E-state index in [1.807, 2.05) is 13.7 Å². The molecule has 0 amide bonds. The number of aryl methyl sites for hydroxylation is 1. The fourth-order valence-electron chi connectivity index (χ4n) is 3.68. The van der Waals surface area contributed by atoms with E-state index >= 15 is 0 Å². The second kappa shape index (κ2) is 9.27. The van der Waals surface area contributed by atoms with Crippen molar-refractivity contribution in [1.29, 1.82) is 0 Å². The van der Waals surface area contributed by atoms with Crippen LogP contribution in [-0.2, 0) is 16.1 Å². The number of hydrogen-bond donors (Lipinski definition) is 1. The Balaban J connectivity index is 0.00000141. The second-order valence-corrected chi connectivity index (χ2v) is 8.52. The Kier molecular flexibility index (Phi) is 6.87.